The fraction of sp³-hybridized carbons (Fsp3) is 0.300. The minimum Gasteiger partial charge on any atom is -0.452 e. The van der Waals surface area contributed by atoms with E-state index in [1.807, 2.05) is 0 Å². The Balaban J connectivity index is 1.61. The first-order valence-corrected chi connectivity index (χ1v) is 11.1. The highest BCUT2D eigenvalue weighted by Crippen LogP contribution is 2.22. The molecule has 8 nitrogen and oxygen atoms in total. The van der Waals surface area contributed by atoms with Gasteiger partial charge in [-0.05, 0) is 35.9 Å². The quantitative estimate of drug-likeness (QED) is 0.621. The summed E-state index contributed by atoms with van der Waals surface area (Å²) in [5.41, 5.74) is 0.583. The van der Waals surface area contributed by atoms with E-state index in [0.29, 0.717) is 5.02 Å². The molecule has 1 heterocycles. The molecular weight excluding hydrogens is 451 g/mol. The minimum absolute atomic E-state index is 0.0866. The fourth-order valence-electron chi connectivity index (χ4n) is 2.87. The van der Waals surface area contributed by atoms with Crippen LogP contribution in [0.5, 0.6) is 0 Å². The highest BCUT2D eigenvalue weighted by atomic mass is 35.5. The average Bonchev–Trinajstić information content (AvgIpc) is 2.77. The number of nitrogens with zero attached hydrogens (tertiary/aromatic N) is 1. The zero-order valence-electron chi connectivity index (χ0n) is 16.3. The Bertz CT molecular complexity index is 1070. The molecule has 1 saturated heterocycles. The van der Waals surface area contributed by atoms with Crippen molar-refractivity contribution < 1.29 is 31.9 Å². The van der Waals surface area contributed by atoms with Crippen LogP contribution in [0.15, 0.2) is 47.4 Å². The van der Waals surface area contributed by atoms with Crippen LogP contribution in [0.25, 0.3) is 0 Å². The smallest absolute Gasteiger partial charge is 0.338 e. The zero-order chi connectivity index (χ0) is 22.4. The molecule has 31 heavy (non-hydrogen) atoms. The van der Waals surface area contributed by atoms with Crippen LogP contribution in [-0.2, 0) is 30.8 Å². The van der Waals surface area contributed by atoms with Gasteiger partial charge in [-0.3, -0.25) is 4.79 Å². The lowest BCUT2D eigenvalue weighted by Crippen LogP contribution is -2.41. The fourth-order valence-corrected chi connectivity index (χ4v) is 4.58. The molecule has 3 rings (SSSR count). The number of rotatable bonds is 7. The van der Waals surface area contributed by atoms with Gasteiger partial charge in [0.2, 0.25) is 10.0 Å². The molecule has 2 aromatic carbocycles. The average molecular weight is 471 g/mol. The van der Waals surface area contributed by atoms with Crippen molar-refractivity contribution in [2.75, 3.05) is 32.9 Å². The topological polar surface area (TPSA) is 102 Å². The van der Waals surface area contributed by atoms with Gasteiger partial charge in [0.15, 0.2) is 6.61 Å². The molecule has 1 N–H and O–H groups in total. The largest absolute Gasteiger partial charge is 0.452 e. The van der Waals surface area contributed by atoms with Gasteiger partial charge in [-0.2, -0.15) is 4.31 Å². The third-order valence-electron chi connectivity index (χ3n) is 4.47. The second-order valence-electron chi connectivity index (χ2n) is 6.64. The van der Waals surface area contributed by atoms with Gasteiger partial charge in [-0.15, -0.1) is 0 Å². The number of halogens is 2. The number of hydrogen-bond donors (Lipinski definition) is 1. The summed E-state index contributed by atoms with van der Waals surface area (Å²) >= 11 is 5.88. The first-order chi connectivity index (χ1) is 14.8. The molecule has 1 fully saturated rings. The lowest BCUT2D eigenvalue weighted by molar-refractivity contribution is -0.124. The van der Waals surface area contributed by atoms with Crippen LogP contribution in [0.4, 0.5) is 4.39 Å². The van der Waals surface area contributed by atoms with Gasteiger partial charge < -0.3 is 14.8 Å². The summed E-state index contributed by atoms with van der Waals surface area (Å²) in [5, 5.41) is 3.10. The van der Waals surface area contributed by atoms with Crippen molar-refractivity contribution in [1.82, 2.24) is 9.62 Å². The second kappa shape index (κ2) is 10.2. The monoisotopic (exact) mass is 470 g/mol. The predicted octanol–water partition coefficient (Wildman–Crippen LogP) is 1.97. The summed E-state index contributed by atoms with van der Waals surface area (Å²) in [6, 6.07) is 9.77. The molecule has 1 aliphatic heterocycles. The second-order valence-corrected chi connectivity index (χ2v) is 8.99. The Morgan fingerprint density at radius 1 is 1.16 bits per heavy atom. The van der Waals surface area contributed by atoms with Crippen LogP contribution in [0, 0.1) is 5.82 Å². The molecular formula is C20H20ClFN2O6S. The van der Waals surface area contributed by atoms with E-state index in [0.717, 1.165) is 28.1 Å². The minimum atomic E-state index is -4.14. The molecule has 166 valence electrons. The van der Waals surface area contributed by atoms with Crippen LogP contribution < -0.4 is 5.32 Å². The van der Waals surface area contributed by atoms with E-state index in [4.69, 9.17) is 21.1 Å². The van der Waals surface area contributed by atoms with Crippen molar-refractivity contribution >= 4 is 33.5 Å². The molecule has 2 aromatic rings. The maximum absolute atomic E-state index is 14.2. The highest BCUT2D eigenvalue weighted by molar-refractivity contribution is 7.89. The standard InChI is InChI=1S/C20H20ClFN2O6S/c21-16-3-1-2-14(10-16)12-23-19(25)13-30-20(26)15-4-5-17(22)18(11-15)31(27,28)24-6-8-29-9-7-24/h1-5,10-11H,6-9,12-13H2,(H,23,25). The number of morpholine rings is 1. The molecule has 0 unspecified atom stereocenters. The highest BCUT2D eigenvalue weighted by Gasteiger charge is 2.30. The van der Waals surface area contributed by atoms with Gasteiger partial charge in [0.05, 0.1) is 18.8 Å². The molecule has 0 radical (unpaired) electrons. The maximum Gasteiger partial charge on any atom is 0.338 e. The lowest BCUT2D eigenvalue weighted by Gasteiger charge is -2.26. The van der Waals surface area contributed by atoms with E-state index >= 15 is 0 Å². The van der Waals surface area contributed by atoms with Crippen LogP contribution >= 0.6 is 11.6 Å². The molecule has 0 saturated carbocycles. The van der Waals surface area contributed by atoms with E-state index in [9.17, 15) is 22.4 Å². The third kappa shape index (κ3) is 6.01. The van der Waals surface area contributed by atoms with Crippen LogP contribution in [0.3, 0.4) is 0 Å². The summed E-state index contributed by atoms with van der Waals surface area (Å²) in [4.78, 5) is 23.6. The molecule has 1 amide bonds. The van der Waals surface area contributed by atoms with Gasteiger partial charge in [-0.1, -0.05) is 23.7 Å². The zero-order valence-corrected chi connectivity index (χ0v) is 17.9. The van der Waals surface area contributed by atoms with Crippen LogP contribution in [0.1, 0.15) is 15.9 Å². The number of amides is 1. The van der Waals surface area contributed by atoms with Crippen molar-refractivity contribution in [3.05, 3.63) is 64.4 Å². The SMILES string of the molecule is O=C(COC(=O)c1ccc(F)c(S(=O)(=O)N2CCOCC2)c1)NCc1cccc(Cl)c1. The number of carbonyl (C=O) groups excluding carboxylic acids is 2. The Hall–Kier alpha value is -2.53. The normalized spacial score (nSPS) is 14.8. The van der Waals surface area contributed by atoms with Gasteiger partial charge in [-0.25, -0.2) is 17.6 Å². The van der Waals surface area contributed by atoms with E-state index in [1.165, 1.54) is 0 Å². The predicted molar refractivity (Wildman–Crippen MR) is 110 cm³/mol. The van der Waals surface area contributed by atoms with Crippen molar-refractivity contribution in [2.24, 2.45) is 0 Å². The van der Waals surface area contributed by atoms with Crippen molar-refractivity contribution in [2.45, 2.75) is 11.4 Å². The first-order valence-electron chi connectivity index (χ1n) is 9.33. The molecule has 0 aliphatic carbocycles. The number of carbonyl (C=O) groups is 2. The van der Waals surface area contributed by atoms with Gasteiger partial charge in [0.25, 0.3) is 5.91 Å². The van der Waals surface area contributed by atoms with Gasteiger partial charge >= 0.3 is 5.97 Å². The summed E-state index contributed by atoms with van der Waals surface area (Å²) in [6.45, 7) is 0.185. The summed E-state index contributed by atoms with van der Waals surface area (Å²) in [6.07, 6.45) is 0. The molecule has 0 aromatic heterocycles. The molecule has 1 aliphatic rings. The first kappa shape index (κ1) is 23.1. The van der Waals surface area contributed by atoms with E-state index < -0.39 is 39.2 Å². The van der Waals surface area contributed by atoms with E-state index in [2.05, 4.69) is 5.32 Å². The number of esters is 1. The van der Waals surface area contributed by atoms with Crippen molar-refractivity contribution in [1.29, 1.82) is 0 Å². The third-order valence-corrected chi connectivity index (χ3v) is 6.62. The van der Waals surface area contributed by atoms with E-state index in [1.54, 1.807) is 24.3 Å². The molecule has 11 heteroatoms. The lowest BCUT2D eigenvalue weighted by atomic mass is 10.2. The molecule has 0 spiro atoms. The maximum atomic E-state index is 14.2. The van der Waals surface area contributed by atoms with E-state index in [-0.39, 0.29) is 38.4 Å². The van der Waals surface area contributed by atoms with Crippen LogP contribution in [0.2, 0.25) is 5.02 Å². The number of benzene rings is 2. The Morgan fingerprint density at radius 2 is 1.90 bits per heavy atom. The summed E-state index contributed by atoms with van der Waals surface area (Å²) in [5.74, 6) is -2.49. The van der Waals surface area contributed by atoms with Crippen molar-refractivity contribution in [3.63, 3.8) is 0 Å². The number of hydrogen-bond acceptors (Lipinski definition) is 6. The molecule has 0 atom stereocenters. The Morgan fingerprint density at radius 3 is 2.61 bits per heavy atom. The van der Waals surface area contributed by atoms with Crippen LogP contribution in [-0.4, -0.2) is 57.5 Å². The van der Waals surface area contributed by atoms with Gasteiger partial charge in [0.1, 0.15) is 10.7 Å². The number of nitrogens with one attached hydrogen (secondary N) is 1. The Kier molecular flexibility index (Phi) is 7.60. The summed E-state index contributed by atoms with van der Waals surface area (Å²) in [7, 11) is -4.14. The molecule has 0 bridgehead atoms. The summed E-state index contributed by atoms with van der Waals surface area (Å²) < 4.78 is 50.8. The van der Waals surface area contributed by atoms with Gasteiger partial charge in [0, 0.05) is 24.7 Å². The number of ether oxygens (including phenoxy) is 2. The Labute approximate surface area is 183 Å². The number of sulfonamides is 1. The van der Waals surface area contributed by atoms with Crippen molar-refractivity contribution in [3.8, 4) is 0 Å².